The molecule has 154 valence electrons. The van der Waals surface area contributed by atoms with Gasteiger partial charge in [0.25, 0.3) is 5.91 Å². The van der Waals surface area contributed by atoms with Gasteiger partial charge in [-0.3, -0.25) is 19.2 Å². The number of rotatable bonds is 8. The zero-order valence-corrected chi connectivity index (χ0v) is 17.8. The smallest absolute Gasteiger partial charge is 0.311 e. The predicted molar refractivity (Wildman–Crippen MR) is 112 cm³/mol. The van der Waals surface area contributed by atoms with Crippen LogP contribution < -0.4 is 14.5 Å². The maximum atomic E-state index is 12.2. The van der Waals surface area contributed by atoms with E-state index in [-0.39, 0.29) is 11.4 Å². The van der Waals surface area contributed by atoms with Gasteiger partial charge in [-0.1, -0.05) is 12.1 Å². The van der Waals surface area contributed by atoms with E-state index >= 15 is 0 Å². The van der Waals surface area contributed by atoms with Crippen LogP contribution in [0.1, 0.15) is 5.56 Å². The van der Waals surface area contributed by atoms with Crippen molar-refractivity contribution in [1.82, 2.24) is 5.43 Å². The number of anilines is 1. The Balaban J connectivity index is 2.13. The number of ether oxygens (including phenoxy) is 1. The molecule has 0 heterocycles. The lowest BCUT2D eigenvalue weighted by molar-refractivity contribution is -0.385. The fourth-order valence-corrected chi connectivity index (χ4v) is 3.79. The van der Waals surface area contributed by atoms with Gasteiger partial charge < -0.3 is 4.74 Å². The molecule has 0 atom stereocenters. The number of para-hydroxylation sites is 1. The molecule has 0 radical (unpaired) electrons. The highest BCUT2D eigenvalue weighted by molar-refractivity contribution is 9.10. The first kappa shape index (κ1) is 22.3. The minimum atomic E-state index is -3.73. The summed E-state index contributed by atoms with van der Waals surface area (Å²) in [7, 11) is -2.42. The second kappa shape index (κ2) is 9.47. The molecule has 12 heteroatoms. The van der Waals surface area contributed by atoms with Crippen LogP contribution in [0.15, 0.2) is 52.0 Å². The molecule has 0 bridgehead atoms. The molecule has 2 rings (SSSR count). The molecule has 1 amide bonds. The van der Waals surface area contributed by atoms with Crippen LogP contribution in [0, 0.1) is 10.1 Å². The topological polar surface area (TPSA) is 131 Å². The van der Waals surface area contributed by atoms with Gasteiger partial charge in [-0.15, -0.1) is 0 Å². The number of hydrogen-bond donors (Lipinski definition) is 1. The first-order chi connectivity index (χ1) is 13.6. The van der Waals surface area contributed by atoms with Crippen LogP contribution in [0.5, 0.6) is 5.75 Å². The van der Waals surface area contributed by atoms with E-state index in [1.165, 1.54) is 31.5 Å². The summed E-state index contributed by atoms with van der Waals surface area (Å²) >= 11 is 3.26. The van der Waals surface area contributed by atoms with Gasteiger partial charge in [0.05, 0.1) is 30.2 Å². The molecule has 2 aromatic rings. The van der Waals surface area contributed by atoms with Crippen molar-refractivity contribution in [2.45, 2.75) is 0 Å². The number of nitro benzene ring substituents is 1. The molecule has 0 unspecified atom stereocenters. The number of nitro groups is 1. The number of hydrogen-bond acceptors (Lipinski definition) is 7. The molecule has 10 nitrogen and oxygen atoms in total. The van der Waals surface area contributed by atoms with Crippen LogP contribution in [0.4, 0.5) is 11.4 Å². The summed E-state index contributed by atoms with van der Waals surface area (Å²) in [4.78, 5) is 22.6. The van der Waals surface area contributed by atoms with Gasteiger partial charge in [0.2, 0.25) is 10.0 Å². The Bertz CT molecular complexity index is 1060. The van der Waals surface area contributed by atoms with Gasteiger partial charge in [-0.05, 0) is 40.2 Å². The number of sulfonamides is 1. The summed E-state index contributed by atoms with van der Waals surface area (Å²) in [5.41, 5.74) is 2.61. The highest BCUT2D eigenvalue weighted by Gasteiger charge is 2.22. The van der Waals surface area contributed by atoms with Crippen LogP contribution in [-0.2, 0) is 14.8 Å². The van der Waals surface area contributed by atoms with Crippen molar-refractivity contribution in [1.29, 1.82) is 0 Å². The molecule has 2 aromatic carbocycles. The summed E-state index contributed by atoms with van der Waals surface area (Å²) in [6, 6.07) is 10.7. The SMILES string of the molecule is COc1ccc(/C=N\NC(=O)CN(c2ccccc2Br)S(C)(=O)=O)cc1[N+](=O)[O-]. The van der Waals surface area contributed by atoms with Crippen molar-refractivity contribution in [3.63, 3.8) is 0 Å². The number of hydrazone groups is 1. The minimum absolute atomic E-state index is 0.0911. The number of amides is 1. The van der Waals surface area contributed by atoms with Crippen molar-refractivity contribution in [2.75, 3.05) is 24.2 Å². The van der Waals surface area contributed by atoms with E-state index in [0.29, 0.717) is 15.7 Å². The lowest BCUT2D eigenvalue weighted by Gasteiger charge is -2.22. The van der Waals surface area contributed by atoms with Crippen LogP contribution in [0.25, 0.3) is 0 Å². The Morgan fingerprint density at radius 1 is 1.34 bits per heavy atom. The lowest BCUT2D eigenvalue weighted by Crippen LogP contribution is -2.39. The first-order valence-corrected chi connectivity index (χ1v) is 10.6. The summed E-state index contributed by atoms with van der Waals surface area (Å²) < 4.78 is 30.5. The molecule has 0 spiro atoms. The molecule has 0 aliphatic rings. The normalized spacial score (nSPS) is 11.3. The molecular weight excluding hydrogens is 468 g/mol. The van der Waals surface area contributed by atoms with Crippen LogP contribution in [-0.4, -0.2) is 45.4 Å². The number of nitrogens with zero attached hydrogens (tertiary/aromatic N) is 3. The van der Waals surface area contributed by atoms with Crippen molar-refractivity contribution in [2.24, 2.45) is 5.10 Å². The molecule has 0 fully saturated rings. The molecule has 0 saturated carbocycles. The summed E-state index contributed by atoms with van der Waals surface area (Å²) in [6.45, 7) is -0.498. The summed E-state index contributed by atoms with van der Waals surface area (Å²) in [5, 5.41) is 14.8. The largest absolute Gasteiger partial charge is 0.490 e. The molecule has 0 aliphatic heterocycles. The fraction of sp³-hybridized carbons (Fsp3) is 0.176. The van der Waals surface area contributed by atoms with Crippen LogP contribution in [0.3, 0.4) is 0 Å². The van der Waals surface area contributed by atoms with Gasteiger partial charge in [0.15, 0.2) is 5.75 Å². The van der Waals surface area contributed by atoms with Crippen molar-refractivity contribution < 1.29 is 22.9 Å². The van der Waals surface area contributed by atoms with E-state index in [4.69, 9.17) is 4.74 Å². The Morgan fingerprint density at radius 3 is 2.62 bits per heavy atom. The standard InChI is InChI=1S/C17H17BrN4O6S/c1-28-16-8-7-12(9-15(16)22(24)25)10-19-20-17(23)11-21(29(2,26)27)14-6-4-3-5-13(14)18/h3-10H,11H2,1-2H3,(H,20,23)/b19-10-. The predicted octanol–water partition coefficient (Wildman–Crippen LogP) is 2.28. The Morgan fingerprint density at radius 2 is 2.03 bits per heavy atom. The first-order valence-electron chi connectivity index (χ1n) is 8.00. The number of carbonyl (C=O) groups is 1. The number of carbonyl (C=O) groups excluding carboxylic acids is 1. The highest BCUT2D eigenvalue weighted by atomic mass is 79.9. The third-order valence-electron chi connectivity index (χ3n) is 3.61. The zero-order valence-electron chi connectivity index (χ0n) is 15.4. The summed E-state index contributed by atoms with van der Waals surface area (Å²) in [6.07, 6.45) is 2.19. The van der Waals surface area contributed by atoms with Gasteiger partial charge in [0, 0.05) is 16.1 Å². The number of nitrogens with one attached hydrogen (secondary N) is 1. The van der Waals surface area contributed by atoms with E-state index in [1.807, 2.05) is 0 Å². The van der Waals surface area contributed by atoms with E-state index in [9.17, 15) is 23.3 Å². The maximum absolute atomic E-state index is 12.2. The van der Waals surface area contributed by atoms with Crippen LogP contribution >= 0.6 is 15.9 Å². The molecule has 1 N–H and O–H groups in total. The molecule has 0 aliphatic carbocycles. The van der Waals surface area contributed by atoms with Crippen molar-refractivity contribution >= 4 is 49.4 Å². The highest BCUT2D eigenvalue weighted by Crippen LogP contribution is 2.28. The van der Waals surface area contributed by atoms with E-state index in [2.05, 4.69) is 26.5 Å². The Hall–Kier alpha value is -2.99. The Labute approximate surface area is 175 Å². The fourth-order valence-electron chi connectivity index (χ4n) is 2.31. The van der Waals surface area contributed by atoms with Crippen molar-refractivity contribution in [3.05, 3.63) is 62.6 Å². The monoisotopic (exact) mass is 484 g/mol. The third kappa shape index (κ3) is 5.99. The Kier molecular flexibility index (Phi) is 7.29. The quantitative estimate of drug-likeness (QED) is 0.347. The molecule has 0 aromatic heterocycles. The van der Waals surface area contributed by atoms with E-state index in [1.54, 1.807) is 24.3 Å². The number of methoxy groups -OCH3 is 1. The average molecular weight is 485 g/mol. The molecular formula is C17H17BrN4O6S. The second-order valence-electron chi connectivity index (χ2n) is 5.70. The summed E-state index contributed by atoms with van der Waals surface area (Å²) in [5.74, 6) is -0.598. The van der Waals surface area contributed by atoms with Gasteiger partial charge in [-0.2, -0.15) is 5.10 Å². The van der Waals surface area contributed by atoms with Gasteiger partial charge in [0.1, 0.15) is 6.54 Å². The van der Waals surface area contributed by atoms with E-state index in [0.717, 1.165) is 10.6 Å². The van der Waals surface area contributed by atoms with Crippen molar-refractivity contribution in [3.8, 4) is 5.75 Å². The average Bonchev–Trinajstić information content (AvgIpc) is 2.66. The molecule has 0 saturated heterocycles. The lowest BCUT2D eigenvalue weighted by atomic mass is 10.2. The zero-order chi connectivity index (χ0) is 21.6. The van der Waals surface area contributed by atoms with E-state index < -0.39 is 27.4 Å². The second-order valence-corrected chi connectivity index (χ2v) is 8.46. The van der Waals surface area contributed by atoms with Crippen LogP contribution in [0.2, 0.25) is 0 Å². The third-order valence-corrected chi connectivity index (χ3v) is 5.41. The molecule has 29 heavy (non-hydrogen) atoms. The number of benzene rings is 2. The van der Waals surface area contributed by atoms with Gasteiger partial charge in [-0.25, -0.2) is 13.8 Å². The minimum Gasteiger partial charge on any atom is -0.490 e. The number of halogens is 1. The maximum Gasteiger partial charge on any atom is 0.311 e. The van der Waals surface area contributed by atoms with Gasteiger partial charge >= 0.3 is 5.69 Å².